The van der Waals surface area contributed by atoms with Gasteiger partial charge in [-0.2, -0.15) is 0 Å². The summed E-state index contributed by atoms with van der Waals surface area (Å²) in [5.41, 5.74) is 2.01. The van der Waals surface area contributed by atoms with Gasteiger partial charge in [0.15, 0.2) is 0 Å². The van der Waals surface area contributed by atoms with Crippen LogP contribution in [0.3, 0.4) is 0 Å². The fourth-order valence-electron chi connectivity index (χ4n) is 1.80. The zero-order valence-corrected chi connectivity index (χ0v) is 7.24. The molecule has 3 N–H and O–H groups in total. The van der Waals surface area contributed by atoms with Gasteiger partial charge in [-0.3, -0.25) is 0 Å². The molecule has 0 aromatic carbocycles. The zero-order chi connectivity index (χ0) is 9.59. The maximum atomic E-state index is 10.6. The third kappa shape index (κ3) is 1.14. The van der Waals surface area contributed by atoms with E-state index in [0.717, 1.165) is 11.3 Å². The Balaban J connectivity index is 2.40. The maximum absolute atomic E-state index is 10.6. The van der Waals surface area contributed by atoms with Crippen molar-refractivity contribution in [1.29, 1.82) is 0 Å². The van der Waals surface area contributed by atoms with Gasteiger partial charge in [0.25, 0.3) is 0 Å². The van der Waals surface area contributed by atoms with E-state index in [2.05, 4.69) is 4.98 Å². The highest BCUT2D eigenvalue weighted by molar-refractivity contribution is 5.86. The molecule has 70 valence electrons. The standard InChI is InChI=1S/C9H11NO3/c1-4-7(11)3-5-2-6(9(12)13)10-8(4)5/h2,4,7,10-11H,3H2,1H3,(H,12,13). The zero-order valence-electron chi connectivity index (χ0n) is 7.24. The van der Waals surface area contributed by atoms with Gasteiger partial charge in [0.05, 0.1) is 6.10 Å². The third-order valence-corrected chi connectivity index (χ3v) is 2.63. The van der Waals surface area contributed by atoms with E-state index < -0.39 is 5.97 Å². The molecule has 1 heterocycles. The summed E-state index contributed by atoms with van der Waals surface area (Å²) in [5, 5.41) is 18.2. The van der Waals surface area contributed by atoms with E-state index in [9.17, 15) is 9.90 Å². The molecule has 1 aliphatic rings. The van der Waals surface area contributed by atoms with Gasteiger partial charge >= 0.3 is 5.97 Å². The Morgan fingerprint density at radius 1 is 1.69 bits per heavy atom. The molecule has 13 heavy (non-hydrogen) atoms. The van der Waals surface area contributed by atoms with Gasteiger partial charge in [-0.05, 0) is 11.6 Å². The molecule has 4 heteroatoms. The molecule has 1 aliphatic carbocycles. The first kappa shape index (κ1) is 8.31. The quantitative estimate of drug-likeness (QED) is 0.598. The van der Waals surface area contributed by atoms with Gasteiger partial charge in [-0.15, -0.1) is 0 Å². The van der Waals surface area contributed by atoms with Crippen molar-refractivity contribution in [2.24, 2.45) is 0 Å². The molecule has 0 bridgehead atoms. The lowest BCUT2D eigenvalue weighted by Crippen LogP contribution is -2.11. The fraction of sp³-hybridized carbons (Fsp3) is 0.444. The summed E-state index contributed by atoms with van der Waals surface area (Å²) in [5.74, 6) is -0.931. The second-order valence-electron chi connectivity index (χ2n) is 3.49. The Bertz CT molecular complexity index is 356. The Hall–Kier alpha value is -1.29. The molecule has 0 saturated carbocycles. The summed E-state index contributed by atoms with van der Waals surface area (Å²) in [7, 11) is 0. The van der Waals surface area contributed by atoms with Crippen molar-refractivity contribution in [3.8, 4) is 0 Å². The van der Waals surface area contributed by atoms with Gasteiger partial charge < -0.3 is 15.2 Å². The van der Waals surface area contributed by atoms with Crippen LogP contribution >= 0.6 is 0 Å². The van der Waals surface area contributed by atoms with Crippen LogP contribution in [-0.2, 0) is 6.42 Å². The first-order valence-electron chi connectivity index (χ1n) is 4.22. The number of aromatic carboxylic acids is 1. The van der Waals surface area contributed by atoms with Crippen LogP contribution < -0.4 is 0 Å². The van der Waals surface area contributed by atoms with E-state index in [4.69, 9.17) is 5.11 Å². The van der Waals surface area contributed by atoms with Crippen molar-refractivity contribution in [3.05, 3.63) is 23.0 Å². The molecule has 1 aromatic rings. The molecule has 0 aliphatic heterocycles. The highest BCUT2D eigenvalue weighted by Gasteiger charge is 2.30. The summed E-state index contributed by atoms with van der Waals surface area (Å²) in [6, 6.07) is 1.60. The Kier molecular flexibility index (Phi) is 1.66. The molecule has 0 saturated heterocycles. The average molecular weight is 181 g/mol. The third-order valence-electron chi connectivity index (χ3n) is 2.63. The van der Waals surface area contributed by atoms with Crippen molar-refractivity contribution in [2.75, 3.05) is 0 Å². The molecule has 1 aromatic heterocycles. The highest BCUT2D eigenvalue weighted by atomic mass is 16.4. The summed E-state index contributed by atoms with van der Waals surface area (Å²) in [6.45, 7) is 1.89. The van der Waals surface area contributed by atoms with E-state index >= 15 is 0 Å². The van der Waals surface area contributed by atoms with E-state index in [1.54, 1.807) is 6.07 Å². The molecule has 0 radical (unpaired) electrons. The highest BCUT2D eigenvalue weighted by Crippen LogP contribution is 2.32. The number of aromatic nitrogens is 1. The van der Waals surface area contributed by atoms with E-state index in [-0.39, 0.29) is 17.7 Å². The number of rotatable bonds is 1. The van der Waals surface area contributed by atoms with Crippen LogP contribution in [0.2, 0.25) is 0 Å². The largest absolute Gasteiger partial charge is 0.477 e. The number of hydrogen-bond donors (Lipinski definition) is 3. The monoisotopic (exact) mass is 181 g/mol. The molecule has 0 spiro atoms. The second-order valence-corrected chi connectivity index (χ2v) is 3.49. The average Bonchev–Trinajstić information content (AvgIpc) is 2.55. The van der Waals surface area contributed by atoms with E-state index in [1.807, 2.05) is 6.92 Å². The lowest BCUT2D eigenvalue weighted by molar-refractivity contribution is 0.0690. The predicted molar refractivity (Wildman–Crippen MR) is 45.9 cm³/mol. The number of H-pyrrole nitrogens is 1. The molecular weight excluding hydrogens is 170 g/mol. The Labute approximate surface area is 75.2 Å². The van der Waals surface area contributed by atoms with Gasteiger partial charge in [-0.25, -0.2) is 4.79 Å². The molecule has 2 unspecified atom stereocenters. The van der Waals surface area contributed by atoms with Gasteiger partial charge in [-0.1, -0.05) is 6.92 Å². The number of carboxylic acids is 1. The Morgan fingerprint density at radius 3 is 2.92 bits per heavy atom. The lowest BCUT2D eigenvalue weighted by Gasteiger charge is -2.07. The van der Waals surface area contributed by atoms with Gasteiger partial charge in [0.2, 0.25) is 0 Å². The smallest absolute Gasteiger partial charge is 0.352 e. The summed E-state index contributed by atoms with van der Waals surface area (Å²) in [6.07, 6.45) is 0.185. The van der Waals surface area contributed by atoms with Crippen LogP contribution in [0.4, 0.5) is 0 Å². The summed E-state index contributed by atoms with van der Waals surface area (Å²) in [4.78, 5) is 13.4. The first-order chi connectivity index (χ1) is 6.09. The number of aliphatic hydroxyl groups is 1. The lowest BCUT2D eigenvalue weighted by atomic mass is 10.1. The van der Waals surface area contributed by atoms with E-state index in [0.29, 0.717) is 6.42 Å². The number of aromatic amines is 1. The second kappa shape index (κ2) is 2.60. The van der Waals surface area contributed by atoms with Gasteiger partial charge in [0.1, 0.15) is 5.69 Å². The van der Waals surface area contributed by atoms with Crippen molar-refractivity contribution in [3.63, 3.8) is 0 Å². The fourth-order valence-corrected chi connectivity index (χ4v) is 1.80. The SMILES string of the molecule is CC1c2[nH]c(C(=O)O)cc2CC1O. The minimum absolute atomic E-state index is 0.0168. The number of hydrogen-bond acceptors (Lipinski definition) is 2. The van der Waals surface area contributed by atoms with Crippen LogP contribution in [0, 0.1) is 0 Å². The number of nitrogens with one attached hydrogen (secondary N) is 1. The van der Waals surface area contributed by atoms with Gasteiger partial charge in [0, 0.05) is 18.0 Å². The predicted octanol–water partition coefficient (Wildman–Crippen LogP) is 0.733. The number of aliphatic hydroxyl groups excluding tert-OH is 1. The molecule has 0 amide bonds. The number of carbonyl (C=O) groups is 1. The molecule has 2 atom stereocenters. The first-order valence-corrected chi connectivity index (χ1v) is 4.22. The normalized spacial score (nSPS) is 26.0. The molecule has 0 fully saturated rings. The van der Waals surface area contributed by atoms with Crippen molar-refractivity contribution in [2.45, 2.75) is 25.4 Å². The van der Waals surface area contributed by atoms with Crippen molar-refractivity contribution in [1.82, 2.24) is 4.98 Å². The van der Waals surface area contributed by atoms with Crippen LogP contribution in [-0.4, -0.2) is 27.3 Å². The molecule has 4 nitrogen and oxygen atoms in total. The van der Waals surface area contributed by atoms with Crippen molar-refractivity contribution >= 4 is 5.97 Å². The van der Waals surface area contributed by atoms with Crippen LogP contribution in [0.25, 0.3) is 0 Å². The van der Waals surface area contributed by atoms with Crippen LogP contribution in [0.5, 0.6) is 0 Å². The molecular formula is C9H11NO3. The number of fused-ring (bicyclic) bond motifs is 1. The summed E-state index contributed by atoms with van der Waals surface area (Å²) < 4.78 is 0. The minimum atomic E-state index is -0.948. The topological polar surface area (TPSA) is 73.3 Å². The van der Waals surface area contributed by atoms with Crippen molar-refractivity contribution < 1.29 is 15.0 Å². The van der Waals surface area contributed by atoms with Crippen LogP contribution in [0.1, 0.15) is 34.6 Å². The Morgan fingerprint density at radius 2 is 2.38 bits per heavy atom. The van der Waals surface area contributed by atoms with Crippen LogP contribution in [0.15, 0.2) is 6.07 Å². The molecule has 2 rings (SSSR count). The van der Waals surface area contributed by atoms with E-state index in [1.165, 1.54) is 0 Å². The maximum Gasteiger partial charge on any atom is 0.352 e. The minimum Gasteiger partial charge on any atom is -0.477 e. The number of carboxylic acid groups (broad SMARTS) is 1. The summed E-state index contributed by atoms with van der Waals surface area (Å²) >= 11 is 0.